The number of rotatable bonds is 3. The molecule has 0 spiro atoms. The van der Waals surface area contributed by atoms with Crippen molar-refractivity contribution in [3.8, 4) is 28.7 Å². The lowest BCUT2D eigenvalue weighted by atomic mass is 9.97. The van der Waals surface area contributed by atoms with Gasteiger partial charge in [0.25, 0.3) is 0 Å². The predicted octanol–water partition coefficient (Wildman–Crippen LogP) is 4.63. The summed E-state index contributed by atoms with van der Waals surface area (Å²) in [6, 6.07) is 22.0. The van der Waals surface area contributed by atoms with Crippen molar-refractivity contribution in [1.29, 1.82) is 5.26 Å². The van der Waals surface area contributed by atoms with Crippen molar-refractivity contribution >= 4 is 0 Å². The molecule has 0 aromatic heterocycles. The van der Waals surface area contributed by atoms with Gasteiger partial charge < -0.3 is 9.84 Å². The van der Waals surface area contributed by atoms with Crippen LogP contribution in [-0.2, 0) is 13.1 Å². The first-order valence-electron chi connectivity index (χ1n) is 9.40. The molecule has 140 valence electrons. The van der Waals surface area contributed by atoms with Crippen LogP contribution in [0.3, 0.4) is 0 Å². The van der Waals surface area contributed by atoms with E-state index in [-0.39, 0.29) is 5.75 Å². The van der Waals surface area contributed by atoms with E-state index in [0.717, 1.165) is 35.3 Å². The third-order valence-corrected chi connectivity index (χ3v) is 5.11. The summed E-state index contributed by atoms with van der Waals surface area (Å²) in [7, 11) is 0. The maximum absolute atomic E-state index is 10.6. The molecule has 3 aromatic rings. The number of nitrogens with zero attached hydrogens (tertiary/aromatic N) is 2. The Kier molecular flexibility index (Phi) is 5.01. The summed E-state index contributed by atoms with van der Waals surface area (Å²) in [6.45, 7) is 4.75. The first-order valence-corrected chi connectivity index (χ1v) is 9.40. The Bertz CT molecular complexity index is 1050. The maximum Gasteiger partial charge on any atom is 0.165 e. The lowest BCUT2D eigenvalue weighted by Crippen LogP contribution is -2.25. The Morgan fingerprint density at radius 3 is 2.79 bits per heavy atom. The van der Waals surface area contributed by atoms with Crippen LogP contribution < -0.4 is 4.74 Å². The van der Waals surface area contributed by atoms with E-state index in [2.05, 4.69) is 36.1 Å². The van der Waals surface area contributed by atoms with E-state index >= 15 is 0 Å². The smallest absolute Gasteiger partial charge is 0.165 e. The van der Waals surface area contributed by atoms with Crippen molar-refractivity contribution in [3.63, 3.8) is 0 Å². The van der Waals surface area contributed by atoms with Crippen LogP contribution in [0.5, 0.6) is 11.5 Å². The van der Waals surface area contributed by atoms with Gasteiger partial charge in [0.15, 0.2) is 11.5 Å². The van der Waals surface area contributed by atoms with Crippen molar-refractivity contribution in [1.82, 2.24) is 4.90 Å². The molecule has 3 aromatic carbocycles. The molecule has 1 aliphatic heterocycles. The van der Waals surface area contributed by atoms with Crippen LogP contribution >= 0.6 is 0 Å². The van der Waals surface area contributed by atoms with Gasteiger partial charge in [-0.05, 0) is 53.4 Å². The minimum absolute atomic E-state index is 0.184. The highest BCUT2D eigenvalue weighted by Crippen LogP contribution is 2.38. The van der Waals surface area contributed by atoms with E-state index in [1.165, 1.54) is 5.56 Å². The van der Waals surface area contributed by atoms with Crippen LogP contribution in [0.2, 0.25) is 0 Å². The summed E-state index contributed by atoms with van der Waals surface area (Å²) in [6.07, 6.45) is 0. The summed E-state index contributed by atoms with van der Waals surface area (Å²) in [5.41, 5.74) is 6.02. The quantitative estimate of drug-likeness (QED) is 0.730. The van der Waals surface area contributed by atoms with Gasteiger partial charge in [-0.15, -0.1) is 0 Å². The molecular formula is C24H22N2O2. The summed E-state index contributed by atoms with van der Waals surface area (Å²) in [5, 5.41) is 19.7. The highest BCUT2D eigenvalue weighted by molar-refractivity contribution is 5.71. The standard InChI is InChI=1S/C24H22N2O2/c1-17-5-2-3-8-22(17)20-12-21-16-26(9-10-28-24(21)23(27)13-20)15-19-7-4-6-18(11-19)14-25/h2-8,11-13,27H,9-10,15-16H2,1H3. The van der Waals surface area contributed by atoms with Crippen LogP contribution in [0, 0.1) is 18.3 Å². The first-order chi connectivity index (χ1) is 13.6. The normalized spacial score (nSPS) is 13.9. The molecule has 4 heteroatoms. The van der Waals surface area contributed by atoms with E-state index in [1.54, 1.807) is 6.07 Å². The number of hydrogen-bond acceptors (Lipinski definition) is 4. The Morgan fingerprint density at radius 2 is 1.96 bits per heavy atom. The SMILES string of the molecule is Cc1ccccc1-c1cc(O)c2c(c1)CN(Cc1cccc(C#N)c1)CCO2. The van der Waals surface area contributed by atoms with Crippen LogP contribution in [0.4, 0.5) is 0 Å². The Balaban J connectivity index is 1.65. The van der Waals surface area contributed by atoms with E-state index in [9.17, 15) is 5.11 Å². The molecule has 1 N–H and O–H groups in total. The molecule has 0 radical (unpaired) electrons. The minimum atomic E-state index is 0.184. The zero-order chi connectivity index (χ0) is 19.5. The van der Waals surface area contributed by atoms with Crippen LogP contribution in [-0.4, -0.2) is 23.2 Å². The minimum Gasteiger partial charge on any atom is -0.504 e. The molecule has 0 saturated heterocycles. The number of nitriles is 1. The lowest BCUT2D eigenvalue weighted by Gasteiger charge is -2.20. The van der Waals surface area contributed by atoms with Crippen molar-refractivity contribution in [3.05, 3.63) is 82.9 Å². The molecule has 0 aliphatic carbocycles. The number of benzene rings is 3. The van der Waals surface area contributed by atoms with Crippen LogP contribution in [0.1, 0.15) is 22.3 Å². The second-order valence-electron chi connectivity index (χ2n) is 7.17. The van der Waals surface area contributed by atoms with E-state index in [4.69, 9.17) is 10.00 Å². The summed E-state index contributed by atoms with van der Waals surface area (Å²) >= 11 is 0. The molecule has 4 nitrogen and oxygen atoms in total. The molecule has 28 heavy (non-hydrogen) atoms. The van der Waals surface area contributed by atoms with Gasteiger partial charge in [0.05, 0.1) is 11.6 Å². The van der Waals surface area contributed by atoms with E-state index < -0.39 is 0 Å². The van der Waals surface area contributed by atoms with Gasteiger partial charge in [0.2, 0.25) is 0 Å². The highest BCUT2D eigenvalue weighted by atomic mass is 16.5. The topological polar surface area (TPSA) is 56.5 Å². The molecule has 0 saturated carbocycles. The molecule has 0 bridgehead atoms. The second-order valence-corrected chi connectivity index (χ2v) is 7.17. The molecule has 1 aliphatic rings. The number of hydrogen-bond donors (Lipinski definition) is 1. The van der Waals surface area contributed by atoms with Gasteiger partial charge in [-0.3, -0.25) is 4.90 Å². The largest absolute Gasteiger partial charge is 0.504 e. The summed E-state index contributed by atoms with van der Waals surface area (Å²) < 4.78 is 5.87. The average Bonchev–Trinajstić information content (AvgIpc) is 2.90. The van der Waals surface area contributed by atoms with Gasteiger partial charge in [-0.25, -0.2) is 0 Å². The summed E-state index contributed by atoms with van der Waals surface area (Å²) in [4.78, 5) is 2.28. The van der Waals surface area contributed by atoms with Gasteiger partial charge in [0, 0.05) is 25.2 Å². The van der Waals surface area contributed by atoms with Gasteiger partial charge in [-0.2, -0.15) is 5.26 Å². The average molecular weight is 370 g/mol. The van der Waals surface area contributed by atoms with Gasteiger partial charge >= 0.3 is 0 Å². The third-order valence-electron chi connectivity index (χ3n) is 5.11. The number of ether oxygens (including phenoxy) is 1. The van der Waals surface area contributed by atoms with Crippen molar-refractivity contribution in [2.45, 2.75) is 20.0 Å². The molecule has 0 atom stereocenters. The highest BCUT2D eigenvalue weighted by Gasteiger charge is 2.20. The number of phenolic OH excluding ortho intramolecular Hbond substituents is 1. The number of phenols is 1. The monoisotopic (exact) mass is 370 g/mol. The van der Waals surface area contributed by atoms with Crippen LogP contribution in [0.15, 0.2) is 60.7 Å². The number of aromatic hydroxyl groups is 1. The van der Waals surface area contributed by atoms with Crippen molar-refractivity contribution in [2.75, 3.05) is 13.2 Å². The fourth-order valence-electron chi connectivity index (χ4n) is 3.74. The second kappa shape index (κ2) is 7.75. The molecule has 1 heterocycles. The van der Waals surface area contributed by atoms with Gasteiger partial charge in [0.1, 0.15) is 6.61 Å². The van der Waals surface area contributed by atoms with E-state index in [1.807, 2.05) is 36.4 Å². The van der Waals surface area contributed by atoms with Crippen molar-refractivity contribution in [2.24, 2.45) is 0 Å². The Morgan fingerprint density at radius 1 is 1.11 bits per heavy atom. The Hall–Kier alpha value is -3.29. The predicted molar refractivity (Wildman–Crippen MR) is 109 cm³/mol. The molecule has 4 rings (SSSR count). The van der Waals surface area contributed by atoms with E-state index in [0.29, 0.717) is 24.5 Å². The number of fused-ring (bicyclic) bond motifs is 1. The van der Waals surface area contributed by atoms with Gasteiger partial charge in [-0.1, -0.05) is 36.4 Å². The number of aryl methyl sites for hydroxylation is 1. The first kappa shape index (κ1) is 18.1. The molecule has 0 fully saturated rings. The third kappa shape index (κ3) is 3.71. The molecule has 0 unspecified atom stereocenters. The maximum atomic E-state index is 10.6. The zero-order valence-electron chi connectivity index (χ0n) is 15.9. The van der Waals surface area contributed by atoms with Crippen LogP contribution in [0.25, 0.3) is 11.1 Å². The fourth-order valence-corrected chi connectivity index (χ4v) is 3.74. The molecule has 0 amide bonds. The molecular weight excluding hydrogens is 348 g/mol. The summed E-state index contributed by atoms with van der Waals surface area (Å²) in [5.74, 6) is 0.759. The fraction of sp³-hybridized carbons (Fsp3) is 0.208. The lowest BCUT2D eigenvalue weighted by molar-refractivity contribution is 0.217. The Labute approximate surface area is 165 Å². The zero-order valence-corrected chi connectivity index (χ0v) is 15.9. The van der Waals surface area contributed by atoms with Crippen molar-refractivity contribution < 1.29 is 9.84 Å².